The Balaban J connectivity index is 2.82. The number of hydrogen-bond acceptors (Lipinski definition) is 3. The molecule has 0 fully saturated rings. The number of halogens is 3. The van der Waals surface area contributed by atoms with E-state index in [1.165, 1.54) is 12.3 Å². The molecule has 6 heteroatoms. The third kappa shape index (κ3) is 4.22. The fourth-order valence-corrected chi connectivity index (χ4v) is 1.40. The quantitative estimate of drug-likeness (QED) is 0.889. The highest BCUT2D eigenvalue weighted by Crippen LogP contribution is 2.21. The van der Waals surface area contributed by atoms with Crippen molar-refractivity contribution in [1.82, 2.24) is 4.98 Å². The summed E-state index contributed by atoms with van der Waals surface area (Å²) in [6, 6.07) is 3.06. The Hall–Kier alpha value is -1.30. The molecule has 0 saturated heterocycles. The fraction of sp³-hybridized carbons (Fsp3) is 0.545. The molecule has 0 aromatic carbocycles. The van der Waals surface area contributed by atoms with E-state index in [1.54, 1.807) is 19.9 Å². The monoisotopic (exact) mass is 248 g/mol. The van der Waals surface area contributed by atoms with E-state index in [-0.39, 0.29) is 12.4 Å². The maximum atomic E-state index is 12.3. The summed E-state index contributed by atoms with van der Waals surface area (Å²) >= 11 is 0. The Morgan fingerprint density at radius 2 is 2.06 bits per heavy atom. The number of aliphatic hydroxyl groups excluding tert-OH is 1. The van der Waals surface area contributed by atoms with Gasteiger partial charge in [0, 0.05) is 12.7 Å². The molecule has 96 valence electrons. The zero-order valence-corrected chi connectivity index (χ0v) is 9.70. The average Bonchev–Trinajstić information content (AvgIpc) is 2.25. The minimum Gasteiger partial charge on any atom is -0.389 e. The second-order valence-electron chi connectivity index (χ2n) is 3.76. The number of aromatic nitrogens is 1. The summed E-state index contributed by atoms with van der Waals surface area (Å²) in [4.78, 5) is 5.05. The van der Waals surface area contributed by atoms with E-state index < -0.39 is 18.8 Å². The van der Waals surface area contributed by atoms with Crippen molar-refractivity contribution in [3.8, 4) is 0 Å². The lowest BCUT2D eigenvalue weighted by molar-refractivity contribution is -0.119. The van der Waals surface area contributed by atoms with Gasteiger partial charge in [0.2, 0.25) is 0 Å². The molecule has 1 N–H and O–H groups in total. The van der Waals surface area contributed by atoms with Crippen LogP contribution in [0.5, 0.6) is 0 Å². The van der Waals surface area contributed by atoms with Crippen LogP contribution in [-0.2, 0) is 0 Å². The van der Waals surface area contributed by atoms with Gasteiger partial charge in [0.1, 0.15) is 12.4 Å². The zero-order valence-electron chi connectivity index (χ0n) is 9.70. The van der Waals surface area contributed by atoms with Crippen molar-refractivity contribution in [2.45, 2.75) is 26.1 Å². The number of anilines is 1. The number of rotatable bonds is 4. The van der Waals surface area contributed by atoms with Gasteiger partial charge in [-0.15, -0.1) is 0 Å². The summed E-state index contributed by atoms with van der Waals surface area (Å²) in [6.45, 7) is 2.41. The van der Waals surface area contributed by atoms with E-state index in [0.29, 0.717) is 5.56 Å². The molecule has 1 atom stereocenters. The van der Waals surface area contributed by atoms with E-state index in [2.05, 4.69) is 4.98 Å². The van der Waals surface area contributed by atoms with Crippen LogP contribution in [0.3, 0.4) is 0 Å². The molecular formula is C11H15F3N2O. The Kier molecular flexibility index (Phi) is 4.34. The lowest BCUT2D eigenvalue weighted by atomic mass is 10.2. The van der Waals surface area contributed by atoms with Crippen LogP contribution in [0, 0.1) is 0 Å². The van der Waals surface area contributed by atoms with Crippen LogP contribution in [-0.4, -0.2) is 29.4 Å². The molecule has 0 aliphatic carbocycles. The highest BCUT2D eigenvalue weighted by atomic mass is 19.4. The lowest BCUT2D eigenvalue weighted by Crippen LogP contribution is -2.34. The molecule has 0 saturated carbocycles. The van der Waals surface area contributed by atoms with Gasteiger partial charge in [-0.3, -0.25) is 0 Å². The van der Waals surface area contributed by atoms with Crippen LogP contribution in [0.15, 0.2) is 18.3 Å². The molecule has 1 rings (SSSR count). The fourth-order valence-electron chi connectivity index (χ4n) is 1.40. The van der Waals surface area contributed by atoms with Crippen LogP contribution in [0.1, 0.15) is 25.5 Å². The second kappa shape index (κ2) is 5.35. The van der Waals surface area contributed by atoms with Gasteiger partial charge in [-0.05, 0) is 25.5 Å². The smallest absolute Gasteiger partial charge is 0.389 e. The lowest BCUT2D eigenvalue weighted by Gasteiger charge is -2.23. The van der Waals surface area contributed by atoms with Gasteiger partial charge in [0.25, 0.3) is 0 Å². The predicted octanol–water partition coefficient (Wildman–Crippen LogP) is 2.52. The third-order valence-corrected chi connectivity index (χ3v) is 2.33. The number of pyridine rings is 1. The molecule has 0 unspecified atom stereocenters. The number of hydrogen-bond donors (Lipinski definition) is 1. The second-order valence-corrected chi connectivity index (χ2v) is 3.76. The van der Waals surface area contributed by atoms with Gasteiger partial charge in [-0.25, -0.2) is 4.98 Å². The predicted molar refractivity (Wildman–Crippen MR) is 58.8 cm³/mol. The van der Waals surface area contributed by atoms with Gasteiger partial charge in [0.05, 0.1) is 6.10 Å². The molecule has 0 aliphatic heterocycles. The summed E-state index contributed by atoms with van der Waals surface area (Å²) in [7, 11) is 0. The molecule has 0 bridgehead atoms. The molecule has 1 aromatic rings. The van der Waals surface area contributed by atoms with Crippen molar-refractivity contribution in [2.24, 2.45) is 0 Å². The van der Waals surface area contributed by atoms with Crippen molar-refractivity contribution >= 4 is 5.82 Å². The molecule has 17 heavy (non-hydrogen) atoms. The Labute approximate surface area is 97.9 Å². The molecule has 1 aromatic heterocycles. The van der Waals surface area contributed by atoms with Crippen molar-refractivity contribution in [3.63, 3.8) is 0 Å². The van der Waals surface area contributed by atoms with Gasteiger partial charge in [0.15, 0.2) is 0 Å². The third-order valence-electron chi connectivity index (χ3n) is 2.33. The summed E-state index contributed by atoms with van der Waals surface area (Å²) in [5.41, 5.74) is 0.580. The van der Waals surface area contributed by atoms with Crippen LogP contribution in [0.4, 0.5) is 19.0 Å². The summed E-state index contributed by atoms with van der Waals surface area (Å²) in [5, 5.41) is 9.26. The molecule has 3 nitrogen and oxygen atoms in total. The Morgan fingerprint density at radius 1 is 1.41 bits per heavy atom. The minimum atomic E-state index is -4.25. The average molecular weight is 248 g/mol. The maximum Gasteiger partial charge on any atom is 0.405 e. The van der Waals surface area contributed by atoms with Crippen LogP contribution in [0.25, 0.3) is 0 Å². The maximum absolute atomic E-state index is 12.3. The summed E-state index contributed by atoms with van der Waals surface area (Å²) < 4.78 is 36.8. The van der Waals surface area contributed by atoms with Crippen LogP contribution < -0.4 is 4.90 Å². The van der Waals surface area contributed by atoms with Crippen LogP contribution >= 0.6 is 0 Å². The Bertz CT molecular complexity index is 349. The van der Waals surface area contributed by atoms with Gasteiger partial charge in [-0.1, -0.05) is 6.07 Å². The van der Waals surface area contributed by atoms with E-state index in [1.807, 2.05) is 0 Å². The Morgan fingerprint density at radius 3 is 2.41 bits per heavy atom. The van der Waals surface area contributed by atoms with E-state index in [0.717, 1.165) is 4.90 Å². The zero-order chi connectivity index (χ0) is 13.1. The topological polar surface area (TPSA) is 36.4 Å². The molecule has 1 heterocycles. The molecule has 0 spiro atoms. The summed E-state index contributed by atoms with van der Waals surface area (Å²) in [6.07, 6.45) is -3.53. The van der Waals surface area contributed by atoms with Crippen molar-refractivity contribution < 1.29 is 18.3 Å². The SMILES string of the molecule is CCN(CC(F)(F)F)c1ccc([C@H](C)O)cn1. The first-order valence-electron chi connectivity index (χ1n) is 5.29. The van der Waals surface area contributed by atoms with E-state index in [9.17, 15) is 18.3 Å². The first kappa shape index (κ1) is 13.8. The summed E-state index contributed by atoms with van der Waals surface area (Å²) in [5.74, 6) is 0.259. The normalized spacial score (nSPS) is 13.5. The first-order chi connectivity index (χ1) is 7.83. The highest BCUT2D eigenvalue weighted by Gasteiger charge is 2.30. The van der Waals surface area contributed by atoms with Gasteiger partial charge in [-0.2, -0.15) is 13.2 Å². The van der Waals surface area contributed by atoms with Crippen molar-refractivity contribution in [3.05, 3.63) is 23.9 Å². The van der Waals surface area contributed by atoms with Crippen molar-refractivity contribution in [1.29, 1.82) is 0 Å². The van der Waals surface area contributed by atoms with Gasteiger partial charge < -0.3 is 10.0 Å². The number of aliphatic hydroxyl groups is 1. The molecule has 0 aliphatic rings. The minimum absolute atomic E-state index is 0.223. The largest absolute Gasteiger partial charge is 0.405 e. The first-order valence-corrected chi connectivity index (χ1v) is 5.29. The van der Waals surface area contributed by atoms with E-state index in [4.69, 9.17) is 0 Å². The molecule has 0 radical (unpaired) electrons. The number of alkyl halides is 3. The van der Waals surface area contributed by atoms with Gasteiger partial charge >= 0.3 is 6.18 Å². The molecule has 0 amide bonds. The van der Waals surface area contributed by atoms with E-state index >= 15 is 0 Å². The molecular weight excluding hydrogens is 233 g/mol. The number of nitrogens with zero attached hydrogens (tertiary/aromatic N) is 2. The van der Waals surface area contributed by atoms with Crippen molar-refractivity contribution in [2.75, 3.05) is 18.0 Å². The highest BCUT2D eigenvalue weighted by molar-refractivity contribution is 5.39. The standard InChI is InChI=1S/C11H15F3N2O/c1-3-16(7-11(12,13)14)10-5-4-9(6-15-10)8(2)17/h4-6,8,17H,3,7H2,1-2H3/t8-/m0/s1. The van der Waals surface area contributed by atoms with Crippen LogP contribution in [0.2, 0.25) is 0 Å².